The van der Waals surface area contributed by atoms with Gasteiger partial charge in [0.1, 0.15) is 5.60 Å². The van der Waals surface area contributed by atoms with E-state index < -0.39 is 17.7 Å². The third-order valence-electron chi connectivity index (χ3n) is 1.55. The quantitative estimate of drug-likeness (QED) is 0.830. The standard InChI is InChI=1S/C10H14N2O5/c1-10(2,3)17-9(15)12-5-7-11-4-6(16-7)8(13)14/h4H,5H2,1-3H3,(H,12,15)(H,13,14). The average Bonchev–Trinajstić information content (AvgIpc) is 2.60. The van der Waals surface area contributed by atoms with Gasteiger partial charge in [-0.1, -0.05) is 0 Å². The van der Waals surface area contributed by atoms with E-state index in [1.165, 1.54) is 0 Å². The molecule has 0 aliphatic rings. The zero-order valence-corrected chi connectivity index (χ0v) is 9.81. The van der Waals surface area contributed by atoms with Gasteiger partial charge in [-0.15, -0.1) is 0 Å². The van der Waals surface area contributed by atoms with E-state index in [1.54, 1.807) is 20.8 Å². The van der Waals surface area contributed by atoms with Crippen molar-refractivity contribution < 1.29 is 23.8 Å². The van der Waals surface area contributed by atoms with Crippen molar-refractivity contribution in [3.05, 3.63) is 17.8 Å². The summed E-state index contributed by atoms with van der Waals surface area (Å²) in [6.45, 7) is 5.18. The number of hydrogen-bond donors (Lipinski definition) is 2. The minimum absolute atomic E-state index is 0.0256. The molecule has 1 heterocycles. The predicted octanol–water partition coefficient (Wildman–Crippen LogP) is 1.40. The summed E-state index contributed by atoms with van der Waals surface area (Å²) in [4.78, 5) is 25.4. The molecule has 1 aromatic heterocycles. The Bertz CT molecular complexity index is 419. The molecule has 94 valence electrons. The predicted molar refractivity (Wildman–Crippen MR) is 56.5 cm³/mol. The Labute approximate surface area is 97.8 Å². The van der Waals surface area contributed by atoms with Gasteiger partial charge < -0.3 is 19.6 Å². The van der Waals surface area contributed by atoms with E-state index in [1.807, 2.05) is 0 Å². The molecule has 7 nitrogen and oxygen atoms in total. The molecule has 7 heteroatoms. The average molecular weight is 242 g/mol. The van der Waals surface area contributed by atoms with Crippen LogP contribution in [0, 0.1) is 0 Å². The highest BCUT2D eigenvalue weighted by Crippen LogP contribution is 2.07. The van der Waals surface area contributed by atoms with Crippen molar-refractivity contribution in [1.82, 2.24) is 10.3 Å². The molecule has 0 bridgehead atoms. The second-order valence-corrected chi connectivity index (χ2v) is 4.28. The number of aromatic nitrogens is 1. The van der Waals surface area contributed by atoms with Crippen LogP contribution in [0.5, 0.6) is 0 Å². The van der Waals surface area contributed by atoms with Crippen molar-refractivity contribution in [3.63, 3.8) is 0 Å². The van der Waals surface area contributed by atoms with Crippen molar-refractivity contribution in [2.75, 3.05) is 0 Å². The van der Waals surface area contributed by atoms with Gasteiger partial charge in [0.25, 0.3) is 0 Å². The first-order valence-electron chi connectivity index (χ1n) is 4.93. The lowest BCUT2D eigenvalue weighted by atomic mass is 10.2. The number of oxazole rings is 1. The number of carbonyl (C=O) groups excluding carboxylic acids is 1. The summed E-state index contributed by atoms with van der Waals surface area (Å²) in [6, 6.07) is 0. The summed E-state index contributed by atoms with van der Waals surface area (Å²) in [7, 11) is 0. The molecule has 0 aliphatic heterocycles. The van der Waals surface area contributed by atoms with E-state index in [2.05, 4.69) is 10.3 Å². The van der Waals surface area contributed by atoms with Crippen LogP contribution in [0.25, 0.3) is 0 Å². The van der Waals surface area contributed by atoms with Crippen molar-refractivity contribution in [3.8, 4) is 0 Å². The zero-order valence-electron chi connectivity index (χ0n) is 9.81. The topological polar surface area (TPSA) is 102 Å². The SMILES string of the molecule is CC(C)(C)OC(=O)NCc1ncc(C(=O)O)o1. The van der Waals surface area contributed by atoms with Gasteiger partial charge in [0.2, 0.25) is 11.7 Å². The van der Waals surface area contributed by atoms with Crippen molar-refractivity contribution in [2.24, 2.45) is 0 Å². The molecule has 0 aliphatic carbocycles. The number of nitrogens with zero attached hydrogens (tertiary/aromatic N) is 1. The summed E-state index contributed by atoms with van der Waals surface area (Å²) in [6.07, 6.45) is 0.460. The molecule has 0 aromatic carbocycles. The molecule has 17 heavy (non-hydrogen) atoms. The van der Waals surface area contributed by atoms with Gasteiger partial charge in [0.05, 0.1) is 12.7 Å². The van der Waals surface area contributed by atoms with E-state index in [0.29, 0.717) is 0 Å². The van der Waals surface area contributed by atoms with Crippen molar-refractivity contribution in [1.29, 1.82) is 0 Å². The molecule has 2 N–H and O–H groups in total. The first-order chi connectivity index (χ1) is 7.78. The first-order valence-corrected chi connectivity index (χ1v) is 4.93. The van der Waals surface area contributed by atoms with Gasteiger partial charge in [-0.25, -0.2) is 14.6 Å². The Hall–Kier alpha value is -2.05. The molecular formula is C10H14N2O5. The number of ether oxygens (including phenoxy) is 1. The van der Waals surface area contributed by atoms with Crippen LogP contribution in [0.15, 0.2) is 10.6 Å². The summed E-state index contributed by atoms with van der Waals surface area (Å²) in [5.74, 6) is -1.37. The first kappa shape index (κ1) is 13.0. The molecule has 0 unspecified atom stereocenters. The lowest BCUT2D eigenvalue weighted by Gasteiger charge is -2.19. The fourth-order valence-corrected chi connectivity index (χ4v) is 0.953. The van der Waals surface area contributed by atoms with E-state index in [9.17, 15) is 9.59 Å². The van der Waals surface area contributed by atoms with Crippen LogP contribution in [-0.4, -0.2) is 27.8 Å². The minimum atomic E-state index is -1.21. The fraction of sp³-hybridized carbons (Fsp3) is 0.500. The number of hydrogen-bond acceptors (Lipinski definition) is 5. The van der Waals surface area contributed by atoms with Gasteiger partial charge in [-0.2, -0.15) is 0 Å². The summed E-state index contributed by atoms with van der Waals surface area (Å²) in [5, 5.41) is 11.0. The van der Waals surface area contributed by atoms with Crippen LogP contribution < -0.4 is 5.32 Å². The van der Waals surface area contributed by atoms with E-state index in [-0.39, 0.29) is 18.2 Å². The molecule has 0 saturated heterocycles. The lowest BCUT2D eigenvalue weighted by Crippen LogP contribution is -2.32. The zero-order chi connectivity index (χ0) is 13.1. The number of amides is 1. The number of nitrogens with one attached hydrogen (secondary N) is 1. The van der Waals surface area contributed by atoms with Gasteiger partial charge >= 0.3 is 12.1 Å². The van der Waals surface area contributed by atoms with E-state index in [4.69, 9.17) is 14.3 Å². The molecule has 0 radical (unpaired) electrons. The van der Waals surface area contributed by atoms with Crippen LogP contribution in [0.3, 0.4) is 0 Å². The van der Waals surface area contributed by atoms with Crippen LogP contribution in [0.2, 0.25) is 0 Å². The maximum absolute atomic E-state index is 11.3. The molecule has 1 amide bonds. The van der Waals surface area contributed by atoms with Crippen molar-refractivity contribution >= 4 is 12.1 Å². The molecule has 0 fully saturated rings. The number of alkyl carbamates (subject to hydrolysis) is 1. The van der Waals surface area contributed by atoms with Gasteiger partial charge in [0, 0.05) is 0 Å². The lowest BCUT2D eigenvalue weighted by molar-refractivity contribution is 0.0519. The third-order valence-corrected chi connectivity index (χ3v) is 1.55. The fourth-order valence-electron chi connectivity index (χ4n) is 0.953. The van der Waals surface area contributed by atoms with Crippen LogP contribution in [0.4, 0.5) is 4.79 Å². The Morgan fingerprint density at radius 1 is 1.53 bits per heavy atom. The molecular weight excluding hydrogens is 228 g/mol. The molecule has 1 aromatic rings. The Morgan fingerprint density at radius 2 is 2.18 bits per heavy atom. The third kappa shape index (κ3) is 4.54. The monoisotopic (exact) mass is 242 g/mol. The van der Waals surface area contributed by atoms with Gasteiger partial charge in [0.15, 0.2) is 0 Å². The summed E-state index contributed by atoms with van der Waals surface area (Å²) >= 11 is 0. The highest BCUT2D eigenvalue weighted by atomic mass is 16.6. The summed E-state index contributed by atoms with van der Waals surface area (Å²) < 4.78 is 9.82. The largest absolute Gasteiger partial charge is 0.475 e. The normalized spacial score (nSPS) is 11.0. The Morgan fingerprint density at radius 3 is 2.65 bits per heavy atom. The molecule has 1 rings (SSSR count). The smallest absolute Gasteiger partial charge is 0.408 e. The molecule has 0 spiro atoms. The van der Waals surface area contributed by atoms with E-state index in [0.717, 1.165) is 6.20 Å². The maximum Gasteiger partial charge on any atom is 0.408 e. The second kappa shape index (κ2) is 4.86. The Kier molecular flexibility index (Phi) is 3.72. The molecule has 0 atom stereocenters. The van der Waals surface area contributed by atoms with E-state index >= 15 is 0 Å². The molecule has 0 saturated carbocycles. The summed E-state index contributed by atoms with van der Waals surface area (Å²) in [5.41, 5.74) is -0.590. The minimum Gasteiger partial charge on any atom is -0.475 e. The van der Waals surface area contributed by atoms with Crippen LogP contribution in [-0.2, 0) is 11.3 Å². The number of carbonyl (C=O) groups is 2. The highest BCUT2D eigenvalue weighted by Gasteiger charge is 2.17. The maximum atomic E-state index is 11.3. The van der Waals surface area contributed by atoms with Gasteiger partial charge in [-0.3, -0.25) is 0 Å². The number of aromatic carboxylic acids is 1. The van der Waals surface area contributed by atoms with Crippen molar-refractivity contribution in [2.45, 2.75) is 32.9 Å². The van der Waals surface area contributed by atoms with Crippen LogP contribution >= 0.6 is 0 Å². The van der Waals surface area contributed by atoms with Gasteiger partial charge in [-0.05, 0) is 20.8 Å². The highest BCUT2D eigenvalue weighted by molar-refractivity contribution is 5.83. The second-order valence-electron chi connectivity index (χ2n) is 4.28. The van der Waals surface area contributed by atoms with Crippen LogP contribution in [0.1, 0.15) is 37.2 Å². The number of carboxylic acids is 1. The number of rotatable bonds is 3. The number of carboxylic acid groups (broad SMARTS) is 1. The Balaban J connectivity index is 2.45.